The number of nitrogens with zero attached hydrogens (tertiary/aromatic N) is 1. The molecule has 7 heteroatoms. The number of carbonyl (C=O) groups is 2. The van der Waals surface area contributed by atoms with Gasteiger partial charge in [-0.05, 0) is 11.5 Å². The first-order valence-electron chi connectivity index (χ1n) is 7.59. The number of hydrogen-bond acceptors (Lipinski definition) is 6. The average Bonchev–Trinajstić information content (AvgIpc) is 3.08. The Morgan fingerprint density at radius 1 is 1.29 bits per heavy atom. The molecular weight excluding hydrogens is 328 g/mol. The van der Waals surface area contributed by atoms with Gasteiger partial charge in [0.1, 0.15) is 11.5 Å². The number of aliphatic hydroxyl groups excluding tert-OH is 1. The number of aromatic nitrogens is 1. The van der Waals surface area contributed by atoms with Crippen molar-refractivity contribution >= 4 is 23.2 Å². The second kappa shape index (κ2) is 8.56. The Morgan fingerprint density at radius 3 is 2.67 bits per heavy atom. The van der Waals surface area contributed by atoms with Crippen molar-refractivity contribution in [1.82, 2.24) is 10.3 Å². The van der Waals surface area contributed by atoms with E-state index in [4.69, 9.17) is 4.74 Å². The van der Waals surface area contributed by atoms with Gasteiger partial charge in [-0.3, -0.25) is 4.79 Å². The Morgan fingerprint density at radius 2 is 2.00 bits per heavy atom. The number of nitrogens with one attached hydrogen (secondary N) is 1. The van der Waals surface area contributed by atoms with Crippen LogP contribution in [0, 0.1) is 0 Å². The SMILES string of the molecule is CC(C)c1ncsc1C(=O)NC[C@@H](O)C(=O)OCc1ccccc1. The van der Waals surface area contributed by atoms with Gasteiger partial charge in [-0.2, -0.15) is 0 Å². The molecule has 0 aliphatic rings. The minimum Gasteiger partial charge on any atom is -0.459 e. The van der Waals surface area contributed by atoms with Gasteiger partial charge in [0.15, 0.2) is 6.10 Å². The minimum atomic E-state index is -1.41. The molecule has 1 aromatic heterocycles. The van der Waals surface area contributed by atoms with Crippen LogP contribution in [0.2, 0.25) is 0 Å². The monoisotopic (exact) mass is 348 g/mol. The fourth-order valence-electron chi connectivity index (χ4n) is 2.01. The van der Waals surface area contributed by atoms with Crippen molar-refractivity contribution in [2.24, 2.45) is 0 Å². The lowest BCUT2D eigenvalue weighted by molar-refractivity contribution is -0.154. The van der Waals surface area contributed by atoms with Crippen LogP contribution in [0.5, 0.6) is 0 Å². The van der Waals surface area contributed by atoms with Gasteiger partial charge in [-0.25, -0.2) is 9.78 Å². The van der Waals surface area contributed by atoms with Gasteiger partial charge < -0.3 is 15.2 Å². The summed E-state index contributed by atoms with van der Waals surface area (Å²) in [5.41, 5.74) is 3.14. The summed E-state index contributed by atoms with van der Waals surface area (Å²) in [6, 6.07) is 9.17. The number of hydrogen-bond donors (Lipinski definition) is 2. The van der Waals surface area contributed by atoms with Gasteiger partial charge in [0.25, 0.3) is 5.91 Å². The molecule has 0 bridgehead atoms. The molecule has 0 saturated carbocycles. The van der Waals surface area contributed by atoms with Crippen molar-refractivity contribution in [3.8, 4) is 0 Å². The van der Waals surface area contributed by atoms with Crippen LogP contribution in [0.3, 0.4) is 0 Å². The van der Waals surface area contributed by atoms with Crippen LogP contribution in [0.1, 0.15) is 40.7 Å². The van der Waals surface area contributed by atoms with Gasteiger partial charge in [0.05, 0.1) is 17.7 Å². The molecule has 1 heterocycles. The van der Waals surface area contributed by atoms with Gasteiger partial charge >= 0.3 is 5.97 Å². The van der Waals surface area contributed by atoms with Gasteiger partial charge in [0.2, 0.25) is 0 Å². The summed E-state index contributed by atoms with van der Waals surface area (Å²) in [7, 11) is 0. The summed E-state index contributed by atoms with van der Waals surface area (Å²) >= 11 is 1.23. The number of thiazole rings is 1. The predicted molar refractivity (Wildman–Crippen MR) is 90.8 cm³/mol. The lowest BCUT2D eigenvalue weighted by Gasteiger charge is -2.12. The van der Waals surface area contributed by atoms with Crippen molar-refractivity contribution in [2.75, 3.05) is 6.54 Å². The van der Waals surface area contributed by atoms with Crippen molar-refractivity contribution in [2.45, 2.75) is 32.5 Å². The first-order chi connectivity index (χ1) is 11.5. The maximum atomic E-state index is 12.1. The van der Waals surface area contributed by atoms with Crippen LogP contribution < -0.4 is 5.32 Å². The molecule has 1 aromatic carbocycles. The summed E-state index contributed by atoms with van der Waals surface area (Å²) in [6.07, 6.45) is -1.41. The molecule has 2 aromatic rings. The molecule has 128 valence electrons. The van der Waals surface area contributed by atoms with E-state index >= 15 is 0 Å². The number of amides is 1. The van der Waals surface area contributed by atoms with Crippen LogP contribution in [0.25, 0.3) is 0 Å². The third-order valence-electron chi connectivity index (χ3n) is 3.30. The molecule has 0 radical (unpaired) electrons. The lowest BCUT2D eigenvalue weighted by atomic mass is 10.1. The number of rotatable bonds is 7. The van der Waals surface area contributed by atoms with Crippen molar-refractivity contribution < 1.29 is 19.4 Å². The van der Waals surface area contributed by atoms with Crippen LogP contribution >= 0.6 is 11.3 Å². The highest BCUT2D eigenvalue weighted by Crippen LogP contribution is 2.21. The highest BCUT2D eigenvalue weighted by atomic mass is 32.1. The standard InChI is InChI=1S/C17H20N2O4S/c1-11(2)14-15(24-10-19-14)16(21)18-8-13(20)17(22)23-9-12-6-4-3-5-7-12/h3-7,10-11,13,20H,8-9H2,1-2H3,(H,18,21)/t13-/m1/s1. The molecule has 1 atom stereocenters. The third-order valence-corrected chi connectivity index (χ3v) is 4.14. The fourth-order valence-corrected chi connectivity index (χ4v) is 2.87. The molecule has 0 aliphatic carbocycles. The topological polar surface area (TPSA) is 88.5 Å². The Balaban J connectivity index is 1.81. The van der Waals surface area contributed by atoms with Crippen LogP contribution in [-0.4, -0.2) is 34.6 Å². The molecule has 0 fully saturated rings. The second-order valence-electron chi connectivity index (χ2n) is 5.54. The molecule has 0 aliphatic heterocycles. The summed E-state index contributed by atoms with van der Waals surface area (Å²) < 4.78 is 5.02. The smallest absolute Gasteiger partial charge is 0.337 e. The summed E-state index contributed by atoms with van der Waals surface area (Å²) in [5.74, 6) is -0.999. The summed E-state index contributed by atoms with van der Waals surface area (Å²) in [5, 5.41) is 12.4. The number of benzene rings is 1. The maximum Gasteiger partial charge on any atom is 0.337 e. The fraction of sp³-hybridized carbons (Fsp3) is 0.353. The first kappa shape index (κ1) is 18.1. The van der Waals surface area contributed by atoms with Crippen LogP contribution in [0.4, 0.5) is 0 Å². The second-order valence-corrected chi connectivity index (χ2v) is 6.40. The molecule has 0 spiro atoms. The van der Waals surface area contributed by atoms with E-state index in [0.717, 1.165) is 5.56 Å². The lowest BCUT2D eigenvalue weighted by Crippen LogP contribution is -2.37. The van der Waals surface area contributed by atoms with E-state index in [1.54, 1.807) is 5.51 Å². The number of carbonyl (C=O) groups excluding carboxylic acids is 2. The largest absolute Gasteiger partial charge is 0.459 e. The zero-order valence-corrected chi connectivity index (χ0v) is 14.4. The third kappa shape index (κ3) is 4.87. The maximum absolute atomic E-state index is 12.1. The van der Waals surface area contributed by atoms with Crippen LogP contribution in [0.15, 0.2) is 35.8 Å². The first-order valence-corrected chi connectivity index (χ1v) is 8.47. The Labute approximate surface area is 144 Å². The van der Waals surface area contributed by atoms with Crippen molar-refractivity contribution in [3.63, 3.8) is 0 Å². The van der Waals surface area contributed by atoms with E-state index in [2.05, 4.69) is 10.3 Å². The van der Waals surface area contributed by atoms with E-state index in [1.807, 2.05) is 44.2 Å². The molecular formula is C17H20N2O4S. The molecule has 0 unspecified atom stereocenters. The molecule has 1 amide bonds. The average molecular weight is 348 g/mol. The van der Waals surface area contributed by atoms with Gasteiger partial charge in [0, 0.05) is 0 Å². The number of ether oxygens (including phenoxy) is 1. The van der Waals surface area contributed by atoms with Gasteiger partial charge in [-0.1, -0.05) is 44.2 Å². The quantitative estimate of drug-likeness (QED) is 0.748. The Bertz CT molecular complexity index is 685. The molecule has 2 rings (SSSR count). The summed E-state index contributed by atoms with van der Waals surface area (Å²) in [4.78, 5) is 28.6. The van der Waals surface area contributed by atoms with E-state index < -0.39 is 12.1 Å². The van der Waals surface area contributed by atoms with Gasteiger partial charge in [-0.15, -0.1) is 11.3 Å². The van der Waals surface area contributed by atoms with Crippen molar-refractivity contribution in [1.29, 1.82) is 0 Å². The van der Waals surface area contributed by atoms with E-state index in [0.29, 0.717) is 10.6 Å². The zero-order chi connectivity index (χ0) is 17.5. The minimum absolute atomic E-state index is 0.0804. The zero-order valence-electron chi connectivity index (χ0n) is 13.6. The number of esters is 1. The molecule has 0 saturated heterocycles. The van der Waals surface area contributed by atoms with E-state index in [1.165, 1.54) is 11.3 Å². The Kier molecular flexibility index (Phi) is 6.45. The highest BCUT2D eigenvalue weighted by Gasteiger charge is 2.21. The molecule has 6 nitrogen and oxygen atoms in total. The Hall–Kier alpha value is -2.25. The number of aliphatic hydroxyl groups is 1. The normalized spacial score (nSPS) is 12.0. The highest BCUT2D eigenvalue weighted by molar-refractivity contribution is 7.11. The molecule has 24 heavy (non-hydrogen) atoms. The van der Waals surface area contributed by atoms with E-state index in [-0.39, 0.29) is 25.0 Å². The van der Waals surface area contributed by atoms with Crippen LogP contribution in [-0.2, 0) is 16.1 Å². The molecule has 2 N–H and O–H groups in total. The van der Waals surface area contributed by atoms with E-state index in [9.17, 15) is 14.7 Å². The summed E-state index contributed by atoms with van der Waals surface area (Å²) in [6.45, 7) is 3.77. The predicted octanol–water partition coefficient (Wildman–Crippen LogP) is 2.10. The van der Waals surface area contributed by atoms with Crippen molar-refractivity contribution in [3.05, 3.63) is 52.0 Å².